The summed E-state index contributed by atoms with van der Waals surface area (Å²) >= 11 is 0. The van der Waals surface area contributed by atoms with Gasteiger partial charge in [0.05, 0.1) is 37.1 Å². The maximum Gasteiger partial charge on any atom is 0.264 e. The standard InChI is InChI=1S/C29H29N7O4S/c1-20(32-19-40-18-24-27(30)34-35-16-8-14-31-28(24)35)25-17-22-10-6-9-21(11-7-15-33-41(2,38)39)26(22)29(37)36(25)23-12-4-3-5-13-23/h3-6,8-10,12-14,16-17,20,32-33H,15,18-19H2,1-2H3,(H2,30,34)/t20-/m0/s1. The molecule has 41 heavy (non-hydrogen) atoms. The molecule has 210 valence electrons. The molecule has 0 fully saturated rings. The van der Waals surface area contributed by atoms with E-state index in [-0.39, 0.29) is 31.5 Å². The maximum atomic E-state index is 14.0. The van der Waals surface area contributed by atoms with E-state index in [9.17, 15) is 13.2 Å². The zero-order valence-electron chi connectivity index (χ0n) is 22.5. The van der Waals surface area contributed by atoms with Crippen molar-refractivity contribution in [2.45, 2.75) is 19.6 Å². The lowest BCUT2D eigenvalue weighted by Gasteiger charge is -2.21. The quantitative estimate of drug-likeness (QED) is 0.139. The van der Waals surface area contributed by atoms with E-state index >= 15 is 0 Å². The summed E-state index contributed by atoms with van der Waals surface area (Å²) in [7, 11) is -3.37. The van der Waals surface area contributed by atoms with Crippen LogP contribution in [-0.4, -0.2) is 47.1 Å². The lowest BCUT2D eigenvalue weighted by Crippen LogP contribution is -2.30. The molecule has 0 bridgehead atoms. The first-order chi connectivity index (χ1) is 19.7. The molecule has 0 unspecified atom stereocenters. The average Bonchev–Trinajstić information content (AvgIpc) is 3.27. The summed E-state index contributed by atoms with van der Waals surface area (Å²) in [6.45, 7) is 2.30. The van der Waals surface area contributed by atoms with Gasteiger partial charge in [0, 0.05) is 35.4 Å². The number of rotatable bonds is 9. The zero-order chi connectivity index (χ0) is 29.0. The SMILES string of the molecule is C[C@H](NCOCc1c(N)nn2cccnc12)c1cc2cccc(C#CCNS(C)(=O)=O)c2c(=O)n1-c1ccccc1. The number of benzene rings is 2. The van der Waals surface area contributed by atoms with Gasteiger partial charge in [0.15, 0.2) is 11.5 Å². The molecule has 0 amide bonds. The molecule has 11 nitrogen and oxygen atoms in total. The molecule has 0 saturated heterocycles. The van der Waals surface area contributed by atoms with Crippen LogP contribution in [-0.2, 0) is 21.4 Å². The number of aromatic nitrogens is 4. The third-order valence-electron chi connectivity index (χ3n) is 6.44. The van der Waals surface area contributed by atoms with Crippen molar-refractivity contribution in [1.82, 2.24) is 29.2 Å². The van der Waals surface area contributed by atoms with Gasteiger partial charge in [-0.1, -0.05) is 42.2 Å². The minimum atomic E-state index is -3.37. The summed E-state index contributed by atoms with van der Waals surface area (Å²) in [5.41, 5.74) is 9.12. The van der Waals surface area contributed by atoms with E-state index in [2.05, 4.69) is 32.0 Å². The summed E-state index contributed by atoms with van der Waals surface area (Å²) in [4.78, 5) is 18.3. The molecule has 2 aromatic carbocycles. The van der Waals surface area contributed by atoms with E-state index in [0.717, 1.165) is 17.3 Å². The van der Waals surface area contributed by atoms with Crippen molar-refractivity contribution in [3.05, 3.63) is 100 Å². The predicted octanol–water partition coefficient (Wildman–Crippen LogP) is 2.34. The fourth-order valence-electron chi connectivity index (χ4n) is 4.49. The van der Waals surface area contributed by atoms with Gasteiger partial charge in [-0.15, -0.1) is 5.10 Å². The van der Waals surface area contributed by atoms with Gasteiger partial charge in [-0.25, -0.2) is 22.6 Å². The zero-order valence-corrected chi connectivity index (χ0v) is 23.4. The molecule has 0 radical (unpaired) electrons. The van der Waals surface area contributed by atoms with E-state index in [4.69, 9.17) is 10.5 Å². The molecule has 3 aromatic heterocycles. The van der Waals surface area contributed by atoms with Crippen LogP contribution in [0.3, 0.4) is 0 Å². The minimum Gasteiger partial charge on any atom is -0.382 e. The van der Waals surface area contributed by atoms with Crippen LogP contribution in [0, 0.1) is 11.8 Å². The van der Waals surface area contributed by atoms with Crippen LogP contribution in [0.4, 0.5) is 5.82 Å². The summed E-state index contributed by atoms with van der Waals surface area (Å²) in [5, 5.41) is 8.76. The van der Waals surface area contributed by atoms with Gasteiger partial charge in [-0.05, 0) is 42.6 Å². The fraction of sp³-hybridized carbons (Fsp3) is 0.207. The largest absolute Gasteiger partial charge is 0.382 e. The monoisotopic (exact) mass is 571 g/mol. The second-order valence-corrected chi connectivity index (χ2v) is 11.2. The van der Waals surface area contributed by atoms with Crippen LogP contribution in [0.5, 0.6) is 0 Å². The molecule has 0 saturated carbocycles. The Morgan fingerprint density at radius 3 is 2.71 bits per heavy atom. The van der Waals surface area contributed by atoms with E-state index in [0.29, 0.717) is 33.7 Å². The van der Waals surface area contributed by atoms with E-state index in [1.807, 2.05) is 55.5 Å². The lowest BCUT2D eigenvalue weighted by atomic mass is 10.0. The Morgan fingerprint density at radius 2 is 1.93 bits per heavy atom. The van der Waals surface area contributed by atoms with Crippen molar-refractivity contribution in [3.8, 4) is 17.5 Å². The number of para-hydroxylation sites is 1. The molecular formula is C29H29N7O4S. The Labute approximate surface area is 237 Å². The highest BCUT2D eigenvalue weighted by Gasteiger charge is 2.18. The van der Waals surface area contributed by atoms with Gasteiger partial charge in [0.25, 0.3) is 5.56 Å². The van der Waals surface area contributed by atoms with Crippen molar-refractivity contribution in [2.24, 2.45) is 0 Å². The van der Waals surface area contributed by atoms with Crippen molar-refractivity contribution in [2.75, 3.05) is 25.3 Å². The molecule has 4 N–H and O–H groups in total. The number of ether oxygens (including phenoxy) is 1. The summed E-state index contributed by atoms with van der Waals surface area (Å²) < 4.78 is 34.2. The van der Waals surface area contributed by atoms with Crippen LogP contribution in [0.15, 0.2) is 77.9 Å². The van der Waals surface area contributed by atoms with E-state index in [1.54, 1.807) is 33.6 Å². The second kappa shape index (κ2) is 11.9. The maximum absolute atomic E-state index is 14.0. The van der Waals surface area contributed by atoms with Crippen LogP contribution in [0.2, 0.25) is 0 Å². The van der Waals surface area contributed by atoms with Gasteiger partial charge in [-0.2, -0.15) is 0 Å². The molecule has 0 aliphatic rings. The molecule has 0 aliphatic carbocycles. The topological polar surface area (TPSA) is 146 Å². The molecule has 5 aromatic rings. The summed E-state index contributed by atoms with van der Waals surface area (Å²) in [6, 6.07) is 18.2. The van der Waals surface area contributed by atoms with Gasteiger partial charge in [0.1, 0.15) is 0 Å². The Morgan fingerprint density at radius 1 is 1.12 bits per heavy atom. The lowest BCUT2D eigenvalue weighted by molar-refractivity contribution is 0.0971. The first kappa shape index (κ1) is 28.0. The van der Waals surface area contributed by atoms with Crippen molar-refractivity contribution >= 4 is 32.3 Å². The number of pyridine rings is 1. The van der Waals surface area contributed by atoms with Crippen molar-refractivity contribution in [1.29, 1.82) is 0 Å². The molecule has 1 atom stereocenters. The van der Waals surface area contributed by atoms with E-state index < -0.39 is 10.0 Å². The Bertz CT molecular complexity index is 1940. The Hall–Kier alpha value is -4.54. The van der Waals surface area contributed by atoms with Crippen molar-refractivity contribution in [3.63, 3.8) is 0 Å². The highest BCUT2D eigenvalue weighted by Crippen LogP contribution is 2.23. The third kappa shape index (κ3) is 6.29. The minimum absolute atomic E-state index is 0.0574. The Kier molecular flexibility index (Phi) is 8.14. The molecule has 12 heteroatoms. The number of nitrogens with two attached hydrogens (primary N) is 1. The van der Waals surface area contributed by atoms with Crippen LogP contribution >= 0.6 is 0 Å². The normalized spacial score (nSPS) is 12.3. The molecule has 0 aliphatic heterocycles. The number of fused-ring (bicyclic) bond motifs is 2. The van der Waals surface area contributed by atoms with E-state index in [1.165, 1.54) is 0 Å². The van der Waals surface area contributed by atoms with Crippen LogP contribution in [0.25, 0.3) is 22.1 Å². The van der Waals surface area contributed by atoms with Crippen LogP contribution in [0.1, 0.15) is 29.8 Å². The molecule has 0 spiro atoms. The second-order valence-electron chi connectivity index (χ2n) is 9.38. The number of nitrogen functional groups attached to an aromatic ring is 1. The average molecular weight is 572 g/mol. The van der Waals surface area contributed by atoms with Gasteiger partial charge < -0.3 is 10.5 Å². The number of anilines is 1. The highest BCUT2D eigenvalue weighted by atomic mass is 32.2. The first-order valence-corrected chi connectivity index (χ1v) is 14.7. The number of nitrogens with one attached hydrogen (secondary N) is 2. The predicted molar refractivity (Wildman–Crippen MR) is 158 cm³/mol. The molecule has 5 rings (SSSR count). The smallest absolute Gasteiger partial charge is 0.264 e. The Balaban J connectivity index is 1.43. The number of nitrogens with zero attached hydrogens (tertiary/aromatic N) is 4. The number of hydrogen-bond acceptors (Lipinski definition) is 8. The molecule has 3 heterocycles. The highest BCUT2D eigenvalue weighted by molar-refractivity contribution is 7.88. The number of hydrogen-bond donors (Lipinski definition) is 3. The summed E-state index contributed by atoms with van der Waals surface area (Å²) in [6.07, 6.45) is 4.51. The van der Waals surface area contributed by atoms with Crippen molar-refractivity contribution < 1.29 is 13.2 Å². The van der Waals surface area contributed by atoms with Crippen LogP contribution < -0.4 is 21.3 Å². The first-order valence-electron chi connectivity index (χ1n) is 12.8. The number of sulfonamides is 1. The van der Waals surface area contributed by atoms with Gasteiger partial charge in [-0.3, -0.25) is 14.7 Å². The van der Waals surface area contributed by atoms with Gasteiger partial charge >= 0.3 is 0 Å². The summed E-state index contributed by atoms with van der Waals surface area (Å²) in [5.74, 6) is 6.11. The molecular weight excluding hydrogens is 542 g/mol. The third-order valence-corrected chi connectivity index (χ3v) is 7.11. The fourth-order valence-corrected chi connectivity index (χ4v) is 4.82. The van der Waals surface area contributed by atoms with Gasteiger partial charge in [0.2, 0.25) is 10.0 Å².